The third-order valence-electron chi connectivity index (χ3n) is 4.43. The molecule has 3 N–H and O–H groups in total. The van der Waals surface area contributed by atoms with Crippen LogP contribution < -0.4 is 11.1 Å². The first-order valence-corrected chi connectivity index (χ1v) is 8.72. The lowest BCUT2D eigenvalue weighted by atomic mass is 10.1. The van der Waals surface area contributed by atoms with Gasteiger partial charge in [0.05, 0.1) is 23.6 Å². The smallest absolute Gasteiger partial charge is 0.322 e. The highest BCUT2D eigenvalue weighted by molar-refractivity contribution is 7.13. The number of hydrogen-bond donors (Lipinski definition) is 2. The molecule has 0 spiro atoms. The van der Waals surface area contributed by atoms with E-state index < -0.39 is 0 Å². The van der Waals surface area contributed by atoms with Gasteiger partial charge in [-0.1, -0.05) is 12.1 Å². The van der Waals surface area contributed by atoms with Crippen molar-refractivity contribution in [3.63, 3.8) is 0 Å². The molecule has 0 saturated carbocycles. The SMILES string of the molecule is Nc1ccc(-c2cccs2)cc1NC(=O)N1CC2CCC(C1)O2. The summed E-state index contributed by atoms with van der Waals surface area (Å²) in [6.07, 6.45) is 2.47. The highest BCUT2D eigenvalue weighted by Gasteiger charge is 2.35. The van der Waals surface area contributed by atoms with E-state index in [0.29, 0.717) is 24.5 Å². The third kappa shape index (κ3) is 2.92. The molecule has 2 atom stereocenters. The van der Waals surface area contributed by atoms with Gasteiger partial charge in [-0.2, -0.15) is 0 Å². The van der Waals surface area contributed by atoms with Gasteiger partial charge in [-0.15, -0.1) is 11.3 Å². The molecule has 1 aromatic carbocycles. The minimum absolute atomic E-state index is 0.0970. The molecule has 2 aliphatic heterocycles. The number of ether oxygens (including phenoxy) is 1. The van der Waals surface area contributed by atoms with Gasteiger partial charge in [0.25, 0.3) is 0 Å². The van der Waals surface area contributed by atoms with Crippen LogP contribution in [0.3, 0.4) is 0 Å². The molecule has 120 valence electrons. The molecule has 3 heterocycles. The maximum atomic E-state index is 12.5. The van der Waals surface area contributed by atoms with E-state index in [1.807, 2.05) is 34.5 Å². The van der Waals surface area contributed by atoms with E-state index in [4.69, 9.17) is 10.5 Å². The standard InChI is InChI=1S/C17H19N3O2S/c18-14-6-3-11(16-2-1-7-23-16)8-15(14)19-17(21)20-9-12-4-5-13(10-20)22-12/h1-3,6-8,12-13H,4-5,9-10,18H2,(H,19,21). The van der Waals surface area contributed by atoms with Crippen molar-refractivity contribution >= 4 is 28.7 Å². The molecule has 2 aliphatic rings. The summed E-state index contributed by atoms with van der Waals surface area (Å²) in [5.74, 6) is 0. The summed E-state index contributed by atoms with van der Waals surface area (Å²) >= 11 is 1.67. The van der Waals surface area contributed by atoms with Gasteiger partial charge in [0.2, 0.25) is 0 Å². The van der Waals surface area contributed by atoms with Gasteiger partial charge >= 0.3 is 6.03 Å². The maximum absolute atomic E-state index is 12.5. The normalized spacial score (nSPS) is 23.0. The first kappa shape index (κ1) is 14.5. The van der Waals surface area contributed by atoms with Crippen molar-refractivity contribution in [3.05, 3.63) is 35.7 Å². The number of nitrogens with one attached hydrogen (secondary N) is 1. The second-order valence-electron chi connectivity index (χ2n) is 6.07. The number of benzene rings is 1. The van der Waals surface area contributed by atoms with Gasteiger partial charge in [0, 0.05) is 18.0 Å². The number of rotatable bonds is 2. The zero-order valence-corrected chi connectivity index (χ0v) is 13.5. The number of hydrogen-bond acceptors (Lipinski definition) is 4. The number of fused-ring (bicyclic) bond motifs is 2. The summed E-state index contributed by atoms with van der Waals surface area (Å²) in [6, 6.07) is 9.73. The molecular formula is C17H19N3O2S. The topological polar surface area (TPSA) is 67.6 Å². The number of nitrogen functional groups attached to an aromatic ring is 1. The Balaban J connectivity index is 1.52. The Bertz CT molecular complexity index is 705. The zero-order chi connectivity index (χ0) is 15.8. The summed E-state index contributed by atoms with van der Waals surface area (Å²) in [7, 11) is 0. The number of amides is 2. The van der Waals surface area contributed by atoms with Crippen molar-refractivity contribution < 1.29 is 9.53 Å². The van der Waals surface area contributed by atoms with E-state index in [1.54, 1.807) is 11.3 Å². The molecule has 2 aromatic rings. The van der Waals surface area contributed by atoms with Crippen molar-refractivity contribution in [2.45, 2.75) is 25.0 Å². The van der Waals surface area contributed by atoms with Crippen LogP contribution in [-0.2, 0) is 4.74 Å². The fraction of sp³-hybridized carbons (Fsp3) is 0.353. The largest absolute Gasteiger partial charge is 0.397 e. The molecule has 0 radical (unpaired) electrons. The molecule has 4 rings (SSSR count). The molecule has 6 heteroatoms. The van der Waals surface area contributed by atoms with Crippen LogP contribution in [0.25, 0.3) is 10.4 Å². The molecular weight excluding hydrogens is 310 g/mol. The van der Waals surface area contributed by atoms with Crippen LogP contribution in [0.4, 0.5) is 16.2 Å². The number of anilines is 2. The van der Waals surface area contributed by atoms with Crippen LogP contribution in [0.15, 0.2) is 35.7 Å². The number of morpholine rings is 1. The van der Waals surface area contributed by atoms with Crippen molar-refractivity contribution in [3.8, 4) is 10.4 Å². The van der Waals surface area contributed by atoms with Crippen LogP contribution in [0.1, 0.15) is 12.8 Å². The Hall–Kier alpha value is -2.05. The molecule has 23 heavy (non-hydrogen) atoms. The van der Waals surface area contributed by atoms with E-state index in [1.165, 1.54) is 0 Å². The Morgan fingerprint density at radius 3 is 2.74 bits per heavy atom. The lowest BCUT2D eigenvalue weighted by molar-refractivity contribution is -0.0219. The van der Waals surface area contributed by atoms with Crippen molar-refractivity contribution in [1.29, 1.82) is 0 Å². The molecule has 2 saturated heterocycles. The Morgan fingerprint density at radius 2 is 2.04 bits per heavy atom. The van der Waals surface area contributed by atoms with Crippen LogP contribution >= 0.6 is 11.3 Å². The van der Waals surface area contributed by atoms with E-state index in [9.17, 15) is 4.79 Å². The highest BCUT2D eigenvalue weighted by atomic mass is 32.1. The Labute approximate surface area is 139 Å². The highest BCUT2D eigenvalue weighted by Crippen LogP contribution is 2.31. The first-order chi connectivity index (χ1) is 11.2. The second kappa shape index (κ2) is 5.86. The number of likely N-dealkylation sites (tertiary alicyclic amines) is 1. The van der Waals surface area contributed by atoms with E-state index in [-0.39, 0.29) is 18.2 Å². The molecule has 2 bridgehead atoms. The van der Waals surface area contributed by atoms with Crippen LogP contribution in [0.5, 0.6) is 0 Å². The number of nitrogens with zero attached hydrogens (tertiary/aromatic N) is 1. The predicted octanol–water partition coefficient (Wildman–Crippen LogP) is 3.39. The molecule has 0 aliphatic carbocycles. The number of thiophene rings is 1. The molecule has 1 aromatic heterocycles. The van der Waals surface area contributed by atoms with E-state index >= 15 is 0 Å². The van der Waals surface area contributed by atoms with Crippen LogP contribution in [0, 0.1) is 0 Å². The van der Waals surface area contributed by atoms with Crippen molar-refractivity contribution in [1.82, 2.24) is 4.90 Å². The van der Waals surface area contributed by atoms with E-state index in [0.717, 1.165) is 23.3 Å². The number of nitrogens with two attached hydrogens (primary N) is 1. The number of urea groups is 1. The average Bonchev–Trinajstić information content (AvgIpc) is 3.19. The summed E-state index contributed by atoms with van der Waals surface area (Å²) < 4.78 is 5.77. The molecule has 2 amide bonds. The summed E-state index contributed by atoms with van der Waals surface area (Å²) in [4.78, 5) is 15.5. The fourth-order valence-corrected chi connectivity index (χ4v) is 3.96. The second-order valence-corrected chi connectivity index (χ2v) is 7.02. The van der Waals surface area contributed by atoms with Crippen molar-refractivity contribution in [2.24, 2.45) is 0 Å². The van der Waals surface area contributed by atoms with Gasteiger partial charge in [-0.05, 0) is 42.0 Å². The molecule has 5 nitrogen and oxygen atoms in total. The first-order valence-electron chi connectivity index (χ1n) is 7.84. The lowest BCUT2D eigenvalue weighted by Gasteiger charge is -2.32. The average molecular weight is 329 g/mol. The Morgan fingerprint density at radius 1 is 1.26 bits per heavy atom. The van der Waals surface area contributed by atoms with E-state index in [2.05, 4.69) is 11.4 Å². The van der Waals surface area contributed by atoms with Gasteiger partial charge in [-0.25, -0.2) is 4.79 Å². The zero-order valence-electron chi connectivity index (χ0n) is 12.7. The summed E-state index contributed by atoms with van der Waals surface area (Å²) in [5, 5.41) is 5.00. The minimum Gasteiger partial charge on any atom is -0.397 e. The maximum Gasteiger partial charge on any atom is 0.322 e. The quantitative estimate of drug-likeness (QED) is 0.830. The third-order valence-corrected chi connectivity index (χ3v) is 5.35. The predicted molar refractivity (Wildman–Crippen MR) is 92.7 cm³/mol. The summed E-state index contributed by atoms with van der Waals surface area (Å²) in [6.45, 7) is 1.32. The van der Waals surface area contributed by atoms with Gasteiger partial charge in [0.15, 0.2) is 0 Å². The molecule has 2 unspecified atom stereocenters. The van der Waals surface area contributed by atoms with Gasteiger partial charge < -0.3 is 20.7 Å². The monoisotopic (exact) mass is 329 g/mol. The summed E-state index contributed by atoms with van der Waals surface area (Å²) in [5.41, 5.74) is 8.34. The van der Waals surface area contributed by atoms with Crippen LogP contribution in [0.2, 0.25) is 0 Å². The van der Waals surface area contributed by atoms with Crippen LogP contribution in [-0.4, -0.2) is 36.2 Å². The van der Waals surface area contributed by atoms with Gasteiger partial charge in [0.1, 0.15) is 0 Å². The number of carbonyl (C=O) groups excluding carboxylic acids is 1. The number of carbonyl (C=O) groups is 1. The lowest BCUT2D eigenvalue weighted by Crippen LogP contribution is -2.47. The Kier molecular flexibility index (Phi) is 3.71. The fourth-order valence-electron chi connectivity index (χ4n) is 3.24. The molecule has 2 fully saturated rings. The van der Waals surface area contributed by atoms with Gasteiger partial charge in [-0.3, -0.25) is 0 Å². The minimum atomic E-state index is -0.0970. The van der Waals surface area contributed by atoms with Crippen molar-refractivity contribution in [2.75, 3.05) is 24.1 Å².